The number of hydrogen-bond donors (Lipinski definition) is 1. The molecule has 0 saturated heterocycles. The van der Waals surface area contributed by atoms with Crippen LogP contribution in [-0.4, -0.2) is 15.2 Å². The number of aromatic amines is 1. The summed E-state index contributed by atoms with van der Waals surface area (Å²) in [5, 5.41) is 8.19. The number of pyridine rings is 1. The van der Waals surface area contributed by atoms with Gasteiger partial charge in [0, 0.05) is 6.20 Å². The quantitative estimate of drug-likeness (QED) is 0.818. The summed E-state index contributed by atoms with van der Waals surface area (Å²) in [6.45, 7) is 0. The smallest absolute Gasteiger partial charge is 0.181 e. The van der Waals surface area contributed by atoms with Crippen LogP contribution in [0.1, 0.15) is 24.3 Å². The number of nitrogens with one attached hydrogen (secondary N) is 1. The molecule has 0 radical (unpaired) electrons. The maximum absolute atomic E-state index is 4.32. The average molecular weight is 285 g/mol. The molecule has 0 spiro atoms. The van der Waals surface area contributed by atoms with Gasteiger partial charge in [-0.1, -0.05) is 0 Å². The molecule has 1 saturated carbocycles. The minimum atomic E-state index is 0.766. The van der Waals surface area contributed by atoms with E-state index in [1.54, 1.807) is 0 Å². The van der Waals surface area contributed by atoms with E-state index in [0.717, 1.165) is 20.7 Å². The Morgan fingerprint density at radius 2 is 2.31 bits per heavy atom. The van der Waals surface area contributed by atoms with Crippen LogP contribution >= 0.6 is 22.6 Å². The zero-order valence-corrected chi connectivity index (χ0v) is 9.08. The van der Waals surface area contributed by atoms with Crippen LogP contribution in [0.15, 0.2) is 12.3 Å². The van der Waals surface area contributed by atoms with Gasteiger partial charge in [-0.3, -0.25) is 5.10 Å². The second-order valence-corrected chi connectivity index (χ2v) is 4.53. The van der Waals surface area contributed by atoms with E-state index in [0.29, 0.717) is 0 Å². The molecular weight excluding hydrogens is 277 g/mol. The average Bonchev–Trinajstić information content (AvgIpc) is 2.93. The topological polar surface area (TPSA) is 41.6 Å². The van der Waals surface area contributed by atoms with Gasteiger partial charge in [0.25, 0.3) is 0 Å². The van der Waals surface area contributed by atoms with Crippen molar-refractivity contribution in [3.8, 4) is 0 Å². The zero-order chi connectivity index (χ0) is 8.84. The Kier molecular flexibility index (Phi) is 1.59. The zero-order valence-electron chi connectivity index (χ0n) is 6.92. The van der Waals surface area contributed by atoms with Gasteiger partial charge in [-0.15, -0.1) is 0 Å². The summed E-state index contributed by atoms with van der Waals surface area (Å²) in [6.07, 6.45) is 4.60. The van der Waals surface area contributed by atoms with Crippen LogP contribution in [0.5, 0.6) is 0 Å². The highest BCUT2D eigenvalue weighted by atomic mass is 127. The molecule has 0 aromatic carbocycles. The fourth-order valence-electron chi connectivity index (χ4n) is 1.53. The van der Waals surface area contributed by atoms with E-state index in [2.05, 4.69) is 43.8 Å². The third kappa shape index (κ3) is 1.23. The highest BCUT2D eigenvalue weighted by molar-refractivity contribution is 14.1. The van der Waals surface area contributed by atoms with Crippen LogP contribution in [0.2, 0.25) is 0 Å². The maximum atomic E-state index is 4.32. The standard InChI is InChI=1S/C9H8IN3/c10-8-7-3-6(5-1-2-5)4-11-9(7)13-12-8/h3-5H,1-2H2,(H,11,12,13). The monoisotopic (exact) mass is 285 g/mol. The van der Waals surface area contributed by atoms with Crippen LogP contribution in [0.25, 0.3) is 11.0 Å². The van der Waals surface area contributed by atoms with E-state index in [1.165, 1.54) is 18.4 Å². The van der Waals surface area contributed by atoms with E-state index in [4.69, 9.17) is 0 Å². The molecule has 4 heteroatoms. The lowest BCUT2D eigenvalue weighted by Gasteiger charge is -1.95. The third-order valence-electron chi connectivity index (χ3n) is 2.43. The highest BCUT2D eigenvalue weighted by Gasteiger charge is 2.24. The van der Waals surface area contributed by atoms with E-state index in [-0.39, 0.29) is 0 Å². The Morgan fingerprint density at radius 1 is 1.46 bits per heavy atom. The molecule has 3 nitrogen and oxygen atoms in total. The summed E-state index contributed by atoms with van der Waals surface area (Å²) in [4.78, 5) is 4.32. The predicted molar refractivity (Wildman–Crippen MR) is 58.6 cm³/mol. The van der Waals surface area contributed by atoms with Gasteiger partial charge in [-0.2, -0.15) is 5.10 Å². The second kappa shape index (κ2) is 2.67. The number of halogens is 1. The van der Waals surface area contributed by atoms with Gasteiger partial charge in [0.2, 0.25) is 0 Å². The number of fused-ring (bicyclic) bond motifs is 1. The first kappa shape index (κ1) is 7.73. The van der Waals surface area contributed by atoms with Crippen molar-refractivity contribution in [2.24, 2.45) is 0 Å². The molecule has 0 amide bonds. The molecule has 2 aromatic heterocycles. The van der Waals surface area contributed by atoms with Crippen molar-refractivity contribution in [2.75, 3.05) is 0 Å². The number of H-pyrrole nitrogens is 1. The van der Waals surface area contributed by atoms with E-state index >= 15 is 0 Å². The van der Waals surface area contributed by atoms with Crippen molar-refractivity contribution in [3.63, 3.8) is 0 Å². The summed E-state index contributed by atoms with van der Waals surface area (Å²) < 4.78 is 1.09. The molecule has 0 aliphatic heterocycles. The summed E-state index contributed by atoms with van der Waals surface area (Å²) in [7, 11) is 0. The Labute approximate surface area is 89.1 Å². The normalized spacial score (nSPS) is 16.7. The van der Waals surface area contributed by atoms with Crippen LogP contribution in [0.4, 0.5) is 0 Å². The molecule has 1 aliphatic carbocycles. The Hall–Kier alpha value is -0.650. The summed E-state index contributed by atoms with van der Waals surface area (Å²) in [6, 6.07) is 2.21. The third-order valence-corrected chi connectivity index (χ3v) is 3.26. The van der Waals surface area contributed by atoms with Gasteiger partial charge in [0.15, 0.2) is 5.65 Å². The molecule has 0 atom stereocenters. The number of nitrogens with zero attached hydrogens (tertiary/aromatic N) is 2. The molecule has 1 aliphatic rings. The number of aromatic nitrogens is 3. The summed E-state index contributed by atoms with van der Waals surface area (Å²) in [5.74, 6) is 0.766. The molecule has 2 aromatic rings. The summed E-state index contributed by atoms with van der Waals surface area (Å²) in [5.41, 5.74) is 2.20. The SMILES string of the molecule is Ic1[nH]nc2ncc(C3CC3)cc12. The summed E-state index contributed by atoms with van der Waals surface area (Å²) >= 11 is 2.26. The Balaban J connectivity index is 2.24. The predicted octanol–water partition coefficient (Wildman–Crippen LogP) is 2.44. The van der Waals surface area contributed by atoms with Gasteiger partial charge >= 0.3 is 0 Å². The minimum absolute atomic E-state index is 0.766. The molecule has 3 rings (SSSR count). The van der Waals surface area contributed by atoms with Crippen molar-refractivity contribution in [3.05, 3.63) is 21.5 Å². The van der Waals surface area contributed by atoms with Gasteiger partial charge in [0.1, 0.15) is 3.70 Å². The lowest BCUT2D eigenvalue weighted by molar-refractivity contribution is 1.07. The van der Waals surface area contributed by atoms with Crippen LogP contribution in [-0.2, 0) is 0 Å². The Morgan fingerprint density at radius 3 is 3.08 bits per heavy atom. The van der Waals surface area contributed by atoms with Crippen molar-refractivity contribution >= 4 is 33.6 Å². The van der Waals surface area contributed by atoms with E-state index in [9.17, 15) is 0 Å². The van der Waals surface area contributed by atoms with Crippen molar-refractivity contribution in [1.29, 1.82) is 0 Å². The minimum Gasteiger partial charge on any atom is -0.269 e. The molecule has 66 valence electrons. The van der Waals surface area contributed by atoms with Gasteiger partial charge in [0.05, 0.1) is 5.39 Å². The van der Waals surface area contributed by atoms with Crippen LogP contribution in [0.3, 0.4) is 0 Å². The van der Waals surface area contributed by atoms with Crippen molar-refractivity contribution in [1.82, 2.24) is 15.2 Å². The Bertz CT molecular complexity index is 459. The van der Waals surface area contributed by atoms with Crippen LogP contribution < -0.4 is 0 Å². The molecule has 13 heavy (non-hydrogen) atoms. The van der Waals surface area contributed by atoms with E-state index in [1.807, 2.05) is 6.20 Å². The lowest BCUT2D eigenvalue weighted by Crippen LogP contribution is -1.83. The van der Waals surface area contributed by atoms with Gasteiger partial charge in [-0.05, 0) is 53.0 Å². The molecule has 0 unspecified atom stereocenters. The first-order chi connectivity index (χ1) is 6.34. The highest BCUT2D eigenvalue weighted by Crippen LogP contribution is 2.40. The van der Waals surface area contributed by atoms with Gasteiger partial charge in [-0.25, -0.2) is 4.98 Å². The molecule has 1 fully saturated rings. The van der Waals surface area contributed by atoms with Gasteiger partial charge < -0.3 is 0 Å². The molecule has 0 bridgehead atoms. The second-order valence-electron chi connectivity index (χ2n) is 3.45. The first-order valence-corrected chi connectivity index (χ1v) is 5.42. The fraction of sp³-hybridized carbons (Fsp3) is 0.333. The van der Waals surface area contributed by atoms with Crippen molar-refractivity contribution < 1.29 is 0 Å². The largest absolute Gasteiger partial charge is 0.269 e. The first-order valence-electron chi connectivity index (χ1n) is 4.34. The van der Waals surface area contributed by atoms with E-state index < -0.39 is 0 Å². The molecule has 2 heterocycles. The molecule has 1 N–H and O–H groups in total. The van der Waals surface area contributed by atoms with Crippen LogP contribution in [0, 0.1) is 3.70 Å². The number of rotatable bonds is 1. The number of hydrogen-bond acceptors (Lipinski definition) is 2. The maximum Gasteiger partial charge on any atom is 0.181 e. The lowest BCUT2D eigenvalue weighted by atomic mass is 10.2. The molecular formula is C9H8IN3. The van der Waals surface area contributed by atoms with Crippen molar-refractivity contribution in [2.45, 2.75) is 18.8 Å². The fourth-order valence-corrected chi connectivity index (χ4v) is 2.04.